The third-order valence-electron chi connectivity index (χ3n) is 2.49. The maximum Gasteiger partial charge on any atom is 0.255 e. The topological polar surface area (TPSA) is 78.9 Å². The van der Waals surface area contributed by atoms with Crippen LogP contribution >= 0.6 is 11.8 Å². The summed E-state index contributed by atoms with van der Waals surface area (Å²) in [5, 5.41) is 11.4. The molecular weight excluding hydrogens is 250 g/mol. The number of nitrogens with two attached hydrogens (primary N) is 1. The highest BCUT2D eigenvalue weighted by Gasteiger charge is 2.17. The van der Waals surface area contributed by atoms with Gasteiger partial charge in [-0.2, -0.15) is 0 Å². The summed E-state index contributed by atoms with van der Waals surface area (Å²) < 4.78 is 0. The summed E-state index contributed by atoms with van der Waals surface area (Å²) in [5.41, 5.74) is 6.07. The van der Waals surface area contributed by atoms with Gasteiger partial charge in [-0.1, -0.05) is 17.3 Å². The number of nitrogens with zero attached hydrogens (tertiary/aromatic N) is 2. The lowest BCUT2D eigenvalue weighted by Crippen LogP contribution is -2.38. The number of oxime groups is 1. The molecular formula is C12H17N3O2S. The Bertz CT molecular complexity index is 449. The van der Waals surface area contributed by atoms with Crippen molar-refractivity contribution in [3.8, 4) is 0 Å². The highest BCUT2D eigenvalue weighted by atomic mass is 32.2. The second kappa shape index (κ2) is 6.90. The molecule has 18 heavy (non-hydrogen) atoms. The fourth-order valence-corrected chi connectivity index (χ4v) is 2.14. The van der Waals surface area contributed by atoms with Crippen LogP contribution in [0.2, 0.25) is 0 Å². The maximum atomic E-state index is 12.3. The second-order valence-corrected chi connectivity index (χ2v) is 4.46. The van der Waals surface area contributed by atoms with E-state index in [-0.39, 0.29) is 18.3 Å². The predicted octanol–water partition coefficient (Wildman–Crippen LogP) is 1.62. The molecule has 0 fully saturated rings. The van der Waals surface area contributed by atoms with Crippen molar-refractivity contribution >= 4 is 23.5 Å². The SMILES string of the molecule is CCN(CC(N)=NO)C(=O)c1ccccc1SC. The van der Waals surface area contributed by atoms with Gasteiger partial charge in [-0.05, 0) is 25.3 Å². The van der Waals surface area contributed by atoms with Crippen molar-refractivity contribution in [3.05, 3.63) is 29.8 Å². The van der Waals surface area contributed by atoms with E-state index in [1.54, 1.807) is 6.07 Å². The standard InChI is InChI=1S/C12H17N3O2S/c1-3-15(8-11(13)14-17)12(16)9-6-4-5-7-10(9)18-2/h4-7,17H,3,8H2,1-2H3,(H2,13,14). The normalized spacial score (nSPS) is 11.3. The third-order valence-corrected chi connectivity index (χ3v) is 3.28. The van der Waals surface area contributed by atoms with Crippen LogP contribution in [0.3, 0.4) is 0 Å². The minimum absolute atomic E-state index is 0.0202. The molecule has 0 unspecified atom stereocenters. The smallest absolute Gasteiger partial charge is 0.255 e. The Morgan fingerprint density at radius 1 is 1.50 bits per heavy atom. The summed E-state index contributed by atoms with van der Waals surface area (Å²) in [6, 6.07) is 7.39. The van der Waals surface area contributed by atoms with Gasteiger partial charge >= 0.3 is 0 Å². The lowest BCUT2D eigenvalue weighted by Gasteiger charge is -2.21. The first-order chi connectivity index (χ1) is 8.63. The van der Waals surface area contributed by atoms with Gasteiger partial charge in [0.15, 0.2) is 5.84 Å². The second-order valence-electron chi connectivity index (χ2n) is 3.61. The predicted molar refractivity (Wildman–Crippen MR) is 73.2 cm³/mol. The minimum atomic E-state index is -0.117. The van der Waals surface area contributed by atoms with Crippen molar-refractivity contribution in [2.24, 2.45) is 10.9 Å². The molecule has 1 aromatic rings. The molecule has 0 aliphatic heterocycles. The van der Waals surface area contributed by atoms with E-state index < -0.39 is 0 Å². The molecule has 98 valence electrons. The fraction of sp³-hybridized carbons (Fsp3) is 0.333. The van der Waals surface area contributed by atoms with Crippen molar-refractivity contribution in [1.82, 2.24) is 4.90 Å². The maximum absolute atomic E-state index is 12.3. The van der Waals surface area contributed by atoms with Crippen molar-refractivity contribution in [3.63, 3.8) is 0 Å². The molecule has 3 N–H and O–H groups in total. The van der Waals surface area contributed by atoms with Crippen LogP contribution in [-0.4, -0.2) is 41.2 Å². The number of amides is 1. The molecule has 0 aromatic heterocycles. The van der Waals surface area contributed by atoms with Gasteiger partial charge in [-0.15, -0.1) is 11.8 Å². The number of thioether (sulfide) groups is 1. The summed E-state index contributed by atoms with van der Waals surface area (Å²) in [6.45, 7) is 2.47. The number of likely N-dealkylation sites (N-methyl/N-ethyl adjacent to an activating group) is 1. The summed E-state index contributed by atoms with van der Waals surface area (Å²) in [5.74, 6) is -0.0964. The quantitative estimate of drug-likeness (QED) is 0.279. The zero-order valence-electron chi connectivity index (χ0n) is 10.5. The molecule has 0 spiro atoms. The lowest BCUT2D eigenvalue weighted by molar-refractivity contribution is 0.0783. The Morgan fingerprint density at radius 2 is 2.17 bits per heavy atom. The van der Waals surface area contributed by atoms with Gasteiger partial charge in [-0.3, -0.25) is 4.79 Å². The molecule has 5 nitrogen and oxygen atoms in total. The molecule has 0 atom stereocenters. The molecule has 0 bridgehead atoms. The highest BCUT2D eigenvalue weighted by Crippen LogP contribution is 2.21. The van der Waals surface area contributed by atoms with Gasteiger partial charge in [0, 0.05) is 11.4 Å². The van der Waals surface area contributed by atoms with E-state index >= 15 is 0 Å². The molecule has 0 heterocycles. The van der Waals surface area contributed by atoms with Gasteiger partial charge < -0.3 is 15.8 Å². The van der Waals surface area contributed by atoms with Crippen LogP contribution in [0.5, 0.6) is 0 Å². The Labute approximate surface area is 111 Å². The summed E-state index contributed by atoms with van der Waals surface area (Å²) in [6.07, 6.45) is 1.92. The average Bonchev–Trinajstić information content (AvgIpc) is 2.43. The first kappa shape index (κ1) is 14.4. The largest absolute Gasteiger partial charge is 0.409 e. The van der Waals surface area contributed by atoms with E-state index in [1.165, 1.54) is 16.7 Å². The highest BCUT2D eigenvalue weighted by molar-refractivity contribution is 7.98. The van der Waals surface area contributed by atoms with Crippen molar-refractivity contribution in [2.75, 3.05) is 19.3 Å². The molecule has 0 radical (unpaired) electrons. The first-order valence-electron chi connectivity index (χ1n) is 5.52. The molecule has 0 saturated carbocycles. The molecule has 1 aromatic carbocycles. The number of amidine groups is 1. The van der Waals surface area contributed by atoms with E-state index in [9.17, 15) is 4.79 Å². The van der Waals surface area contributed by atoms with Crippen LogP contribution in [-0.2, 0) is 0 Å². The van der Waals surface area contributed by atoms with Crippen LogP contribution < -0.4 is 5.73 Å². The Morgan fingerprint density at radius 3 is 2.72 bits per heavy atom. The zero-order chi connectivity index (χ0) is 13.5. The average molecular weight is 267 g/mol. The van der Waals surface area contributed by atoms with Gasteiger partial charge in [0.2, 0.25) is 0 Å². The van der Waals surface area contributed by atoms with E-state index in [2.05, 4.69) is 5.16 Å². The number of hydrogen-bond acceptors (Lipinski definition) is 4. The van der Waals surface area contributed by atoms with E-state index in [0.29, 0.717) is 12.1 Å². The monoisotopic (exact) mass is 267 g/mol. The van der Waals surface area contributed by atoms with Gasteiger partial charge in [0.25, 0.3) is 5.91 Å². The minimum Gasteiger partial charge on any atom is -0.409 e. The lowest BCUT2D eigenvalue weighted by atomic mass is 10.2. The summed E-state index contributed by atoms with van der Waals surface area (Å²) >= 11 is 1.52. The van der Waals surface area contributed by atoms with Crippen LogP contribution in [0, 0.1) is 0 Å². The summed E-state index contributed by atoms with van der Waals surface area (Å²) in [7, 11) is 0. The fourth-order valence-electron chi connectivity index (χ4n) is 1.55. The molecule has 0 saturated heterocycles. The van der Waals surface area contributed by atoms with E-state index in [1.807, 2.05) is 31.4 Å². The van der Waals surface area contributed by atoms with Crippen LogP contribution in [0.25, 0.3) is 0 Å². The molecule has 0 aliphatic carbocycles. The Hall–Kier alpha value is -1.69. The number of rotatable bonds is 5. The van der Waals surface area contributed by atoms with Crippen LogP contribution in [0.4, 0.5) is 0 Å². The van der Waals surface area contributed by atoms with Gasteiger partial charge in [0.05, 0.1) is 12.1 Å². The Kier molecular flexibility index (Phi) is 5.51. The number of hydrogen-bond donors (Lipinski definition) is 2. The van der Waals surface area contributed by atoms with Crippen molar-refractivity contribution in [1.29, 1.82) is 0 Å². The number of carbonyl (C=O) groups excluding carboxylic acids is 1. The molecule has 1 amide bonds. The molecule has 6 heteroatoms. The van der Waals surface area contributed by atoms with Crippen LogP contribution in [0.15, 0.2) is 34.3 Å². The van der Waals surface area contributed by atoms with E-state index in [4.69, 9.17) is 10.9 Å². The van der Waals surface area contributed by atoms with Crippen molar-refractivity contribution in [2.45, 2.75) is 11.8 Å². The number of benzene rings is 1. The Balaban J connectivity index is 2.96. The number of carbonyl (C=O) groups is 1. The zero-order valence-corrected chi connectivity index (χ0v) is 11.3. The summed E-state index contributed by atoms with van der Waals surface area (Å²) in [4.78, 5) is 14.8. The first-order valence-corrected chi connectivity index (χ1v) is 6.75. The third kappa shape index (κ3) is 3.40. The van der Waals surface area contributed by atoms with Crippen LogP contribution in [0.1, 0.15) is 17.3 Å². The molecule has 0 aliphatic rings. The van der Waals surface area contributed by atoms with Gasteiger partial charge in [0.1, 0.15) is 0 Å². The van der Waals surface area contributed by atoms with Gasteiger partial charge in [-0.25, -0.2) is 0 Å². The van der Waals surface area contributed by atoms with Crippen molar-refractivity contribution < 1.29 is 10.0 Å². The van der Waals surface area contributed by atoms with E-state index in [0.717, 1.165) is 4.90 Å². The molecule has 1 rings (SSSR count).